The largest absolute Gasteiger partial charge is 0.466 e. The van der Waals surface area contributed by atoms with Crippen LogP contribution in [-0.4, -0.2) is 62.0 Å². The molecular weight excluding hydrogens is 210 g/mol. The van der Waals surface area contributed by atoms with Crippen LogP contribution in [0.1, 0.15) is 20.3 Å². The Balaban J connectivity index is 3.85. The van der Waals surface area contributed by atoms with Gasteiger partial charge in [-0.05, 0) is 20.9 Å². The van der Waals surface area contributed by atoms with Crippen LogP contribution in [-0.2, 0) is 14.3 Å². The minimum atomic E-state index is -0.691. The number of likely N-dealkylation sites (N-methyl/N-ethyl adjacent to an activating group) is 1. The number of carbonyl (C=O) groups excluding carboxylic acids is 1. The lowest BCUT2D eigenvalue weighted by atomic mass is 10.2. The molecule has 5 heteroatoms. The Morgan fingerprint density at radius 3 is 2.62 bits per heavy atom. The quantitative estimate of drug-likeness (QED) is 0.610. The molecule has 0 bridgehead atoms. The number of esters is 1. The monoisotopic (exact) mass is 233 g/mol. The van der Waals surface area contributed by atoms with Gasteiger partial charge in [-0.15, -0.1) is 0 Å². The standard InChI is InChI=1S/C11H23NO4/c1-5-16-11(14)6-10(13)7-12(3)9(2)8-15-4/h9-10,13H,5-8H2,1-4H3. The number of aliphatic hydroxyl groups excluding tert-OH is 1. The van der Waals surface area contributed by atoms with Gasteiger partial charge in [-0.25, -0.2) is 0 Å². The van der Waals surface area contributed by atoms with Crippen molar-refractivity contribution in [3.05, 3.63) is 0 Å². The van der Waals surface area contributed by atoms with Gasteiger partial charge in [0.05, 0.1) is 25.7 Å². The van der Waals surface area contributed by atoms with E-state index >= 15 is 0 Å². The lowest BCUT2D eigenvalue weighted by molar-refractivity contribution is -0.145. The van der Waals surface area contributed by atoms with Crippen LogP contribution in [0, 0.1) is 0 Å². The second-order valence-electron chi connectivity index (χ2n) is 3.91. The van der Waals surface area contributed by atoms with Crippen molar-refractivity contribution in [1.29, 1.82) is 0 Å². The Labute approximate surface area is 97.3 Å². The average Bonchev–Trinajstić information content (AvgIpc) is 2.17. The summed E-state index contributed by atoms with van der Waals surface area (Å²) in [6, 6.07) is 0.210. The van der Waals surface area contributed by atoms with Crippen LogP contribution in [0.15, 0.2) is 0 Å². The zero-order valence-corrected chi connectivity index (χ0v) is 10.6. The summed E-state index contributed by atoms with van der Waals surface area (Å²) < 4.78 is 9.77. The van der Waals surface area contributed by atoms with E-state index in [1.54, 1.807) is 14.0 Å². The van der Waals surface area contributed by atoms with Crippen molar-refractivity contribution < 1.29 is 19.4 Å². The van der Waals surface area contributed by atoms with Gasteiger partial charge in [-0.1, -0.05) is 0 Å². The summed E-state index contributed by atoms with van der Waals surface area (Å²) in [6.07, 6.45) is -0.652. The van der Waals surface area contributed by atoms with E-state index in [0.717, 1.165) is 0 Å². The Hall–Kier alpha value is -0.650. The molecule has 0 aliphatic heterocycles. The molecule has 16 heavy (non-hydrogen) atoms. The molecular formula is C11H23NO4. The maximum Gasteiger partial charge on any atom is 0.308 e. The van der Waals surface area contributed by atoms with Gasteiger partial charge in [-0.3, -0.25) is 9.69 Å². The Kier molecular flexibility index (Phi) is 8.15. The second-order valence-corrected chi connectivity index (χ2v) is 3.91. The molecule has 0 amide bonds. The van der Waals surface area contributed by atoms with Crippen LogP contribution in [0.2, 0.25) is 0 Å². The van der Waals surface area contributed by atoms with Gasteiger partial charge in [0.1, 0.15) is 0 Å². The van der Waals surface area contributed by atoms with Gasteiger partial charge in [0, 0.05) is 19.7 Å². The van der Waals surface area contributed by atoms with Crippen LogP contribution in [0.25, 0.3) is 0 Å². The van der Waals surface area contributed by atoms with Gasteiger partial charge >= 0.3 is 5.97 Å². The van der Waals surface area contributed by atoms with Gasteiger partial charge in [0.2, 0.25) is 0 Å². The van der Waals surface area contributed by atoms with Crippen molar-refractivity contribution in [1.82, 2.24) is 4.90 Å². The predicted molar refractivity (Wildman–Crippen MR) is 61.2 cm³/mol. The van der Waals surface area contributed by atoms with Crippen LogP contribution in [0.3, 0.4) is 0 Å². The summed E-state index contributed by atoms with van der Waals surface area (Å²) in [5, 5.41) is 9.65. The van der Waals surface area contributed by atoms with E-state index in [0.29, 0.717) is 19.8 Å². The first-order chi connectivity index (χ1) is 7.51. The first-order valence-electron chi connectivity index (χ1n) is 5.54. The highest BCUT2D eigenvalue weighted by atomic mass is 16.5. The van der Waals surface area contributed by atoms with E-state index < -0.39 is 6.10 Å². The lowest BCUT2D eigenvalue weighted by Crippen LogP contribution is -2.39. The molecule has 0 heterocycles. The highest BCUT2D eigenvalue weighted by molar-refractivity contribution is 5.69. The van der Waals surface area contributed by atoms with E-state index in [9.17, 15) is 9.90 Å². The average molecular weight is 233 g/mol. The van der Waals surface area contributed by atoms with Gasteiger partial charge in [0.15, 0.2) is 0 Å². The fourth-order valence-corrected chi connectivity index (χ4v) is 1.36. The van der Waals surface area contributed by atoms with Crippen molar-refractivity contribution >= 4 is 5.97 Å². The summed E-state index contributed by atoms with van der Waals surface area (Å²) in [6.45, 7) is 5.13. The third kappa shape index (κ3) is 6.76. The number of ether oxygens (including phenoxy) is 2. The fourth-order valence-electron chi connectivity index (χ4n) is 1.36. The molecule has 0 spiro atoms. The Morgan fingerprint density at radius 2 is 2.12 bits per heavy atom. The fraction of sp³-hybridized carbons (Fsp3) is 0.909. The molecule has 5 nitrogen and oxygen atoms in total. The molecule has 0 aliphatic rings. The van der Waals surface area contributed by atoms with E-state index in [-0.39, 0.29) is 18.4 Å². The number of carbonyl (C=O) groups is 1. The molecule has 1 N–H and O–H groups in total. The van der Waals surface area contributed by atoms with Crippen molar-refractivity contribution in [2.75, 3.05) is 33.9 Å². The third-order valence-electron chi connectivity index (χ3n) is 2.37. The van der Waals surface area contributed by atoms with Crippen LogP contribution >= 0.6 is 0 Å². The summed E-state index contributed by atoms with van der Waals surface area (Å²) >= 11 is 0. The molecule has 0 aromatic rings. The molecule has 0 saturated heterocycles. The summed E-state index contributed by atoms with van der Waals surface area (Å²) in [4.78, 5) is 13.1. The highest BCUT2D eigenvalue weighted by Gasteiger charge is 2.16. The first-order valence-corrected chi connectivity index (χ1v) is 5.54. The van der Waals surface area contributed by atoms with E-state index in [4.69, 9.17) is 9.47 Å². The molecule has 0 rings (SSSR count). The lowest BCUT2D eigenvalue weighted by Gasteiger charge is -2.26. The van der Waals surface area contributed by atoms with Crippen LogP contribution in [0.4, 0.5) is 0 Å². The molecule has 0 aromatic carbocycles. The zero-order valence-electron chi connectivity index (χ0n) is 10.6. The smallest absolute Gasteiger partial charge is 0.308 e. The molecule has 2 unspecified atom stereocenters. The minimum Gasteiger partial charge on any atom is -0.466 e. The van der Waals surface area contributed by atoms with Crippen LogP contribution < -0.4 is 0 Å². The molecule has 96 valence electrons. The second kappa shape index (κ2) is 8.50. The normalized spacial score (nSPS) is 14.9. The van der Waals surface area contributed by atoms with E-state index in [1.165, 1.54) is 0 Å². The predicted octanol–water partition coefficient (Wildman–Crippen LogP) is 0.267. The Bertz CT molecular complexity index is 198. The van der Waals surface area contributed by atoms with Gasteiger partial charge in [-0.2, -0.15) is 0 Å². The molecule has 0 fully saturated rings. The Morgan fingerprint density at radius 1 is 1.50 bits per heavy atom. The van der Waals surface area contributed by atoms with Crippen LogP contribution in [0.5, 0.6) is 0 Å². The number of aliphatic hydroxyl groups is 1. The maximum atomic E-state index is 11.1. The SMILES string of the molecule is CCOC(=O)CC(O)CN(C)C(C)COC. The summed E-state index contributed by atoms with van der Waals surface area (Å²) in [5.74, 6) is -0.359. The van der Waals surface area contributed by atoms with E-state index in [1.807, 2.05) is 18.9 Å². The zero-order chi connectivity index (χ0) is 12.6. The van der Waals surface area contributed by atoms with E-state index in [2.05, 4.69) is 0 Å². The van der Waals surface area contributed by atoms with Crippen molar-refractivity contribution in [2.24, 2.45) is 0 Å². The van der Waals surface area contributed by atoms with Crippen molar-refractivity contribution in [2.45, 2.75) is 32.4 Å². The van der Waals surface area contributed by atoms with Crippen molar-refractivity contribution in [3.8, 4) is 0 Å². The number of hydrogen-bond acceptors (Lipinski definition) is 5. The van der Waals surface area contributed by atoms with Crippen molar-refractivity contribution in [3.63, 3.8) is 0 Å². The minimum absolute atomic E-state index is 0.0396. The first kappa shape index (κ1) is 15.3. The number of methoxy groups -OCH3 is 1. The number of nitrogens with zero attached hydrogens (tertiary/aromatic N) is 1. The maximum absolute atomic E-state index is 11.1. The molecule has 0 saturated carbocycles. The third-order valence-corrected chi connectivity index (χ3v) is 2.37. The summed E-state index contributed by atoms with van der Waals surface area (Å²) in [5.41, 5.74) is 0. The topological polar surface area (TPSA) is 59.0 Å². The summed E-state index contributed by atoms with van der Waals surface area (Å²) in [7, 11) is 3.53. The number of rotatable bonds is 8. The highest BCUT2D eigenvalue weighted by Crippen LogP contribution is 2.02. The van der Waals surface area contributed by atoms with Gasteiger partial charge in [0.25, 0.3) is 0 Å². The van der Waals surface area contributed by atoms with Gasteiger partial charge < -0.3 is 14.6 Å². The molecule has 2 atom stereocenters. The molecule has 0 aliphatic carbocycles. The number of hydrogen-bond donors (Lipinski definition) is 1. The molecule has 0 radical (unpaired) electrons. The molecule has 0 aromatic heterocycles.